The lowest BCUT2D eigenvalue weighted by Crippen LogP contribution is -2.01. The Balaban J connectivity index is 1.46. The zero-order valence-electron chi connectivity index (χ0n) is 20.0. The van der Waals surface area contributed by atoms with E-state index in [9.17, 15) is 0 Å². The molecule has 0 fully saturated rings. The lowest BCUT2D eigenvalue weighted by atomic mass is 10.1. The number of ether oxygens (including phenoxy) is 1. The Bertz CT molecular complexity index is 1420. The Morgan fingerprint density at radius 2 is 1.40 bits per heavy atom. The van der Waals surface area contributed by atoms with Gasteiger partial charge in [-0.1, -0.05) is 59.3 Å². The molecule has 0 aliphatic heterocycles. The largest absolute Gasteiger partial charge is 0.497 e. The summed E-state index contributed by atoms with van der Waals surface area (Å²) < 4.78 is 13.3. The summed E-state index contributed by atoms with van der Waals surface area (Å²) in [6.45, 7) is 6.17. The molecular weight excluding hydrogens is 458 g/mol. The molecule has 0 spiro atoms. The summed E-state index contributed by atoms with van der Waals surface area (Å²) in [5.74, 6) is 2.55. The van der Waals surface area contributed by atoms with Crippen LogP contribution in [0.1, 0.15) is 29.2 Å². The summed E-state index contributed by atoms with van der Waals surface area (Å²) in [6.07, 6.45) is 0. The molecule has 7 nitrogen and oxygen atoms in total. The van der Waals surface area contributed by atoms with Crippen LogP contribution in [0.4, 0.5) is 0 Å². The van der Waals surface area contributed by atoms with Crippen molar-refractivity contribution < 1.29 is 9.15 Å². The SMILES string of the molecule is COc1ccc(-c2nnc(C(C)Sc3nnc(-c4ccc(C)cc4)n3-c3ccc(C)cc3)o2)cc1. The molecule has 0 radical (unpaired) electrons. The average Bonchev–Trinajstić information content (AvgIpc) is 3.53. The number of aryl methyl sites for hydroxylation is 2. The van der Waals surface area contributed by atoms with Gasteiger partial charge in [0.25, 0.3) is 0 Å². The summed E-state index contributed by atoms with van der Waals surface area (Å²) in [5, 5.41) is 18.2. The van der Waals surface area contributed by atoms with E-state index in [4.69, 9.17) is 9.15 Å². The van der Waals surface area contributed by atoms with Crippen molar-refractivity contribution >= 4 is 11.8 Å². The number of methoxy groups -OCH3 is 1. The van der Waals surface area contributed by atoms with E-state index >= 15 is 0 Å². The first-order valence-electron chi connectivity index (χ1n) is 11.3. The summed E-state index contributed by atoms with van der Waals surface area (Å²) in [4.78, 5) is 0. The number of rotatable bonds is 7. The second-order valence-corrected chi connectivity index (χ2v) is 9.59. The molecule has 35 heavy (non-hydrogen) atoms. The van der Waals surface area contributed by atoms with Crippen molar-refractivity contribution in [1.29, 1.82) is 0 Å². The van der Waals surface area contributed by atoms with Crippen LogP contribution in [-0.2, 0) is 0 Å². The monoisotopic (exact) mass is 483 g/mol. The molecule has 5 aromatic rings. The quantitative estimate of drug-likeness (QED) is 0.246. The molecule has 0 saturated carbocycles. The van der Waals surface area contributed by atoms with Gasteiger partial charge in [-0.3, -0.25) is 4.57 Å². The van der Waals surface area contributed by atoms with E-state index in [0.717, 1.165) is 33.5 Å². The first-order valence-corrected chi connectivity index (χ1v) is 12.1. The molecule has 0 N–H and O–H groups in total. The van der Waals surface area contributed by atoms with E-state index in [-0.39, 0.29) is 5.25 Å². The van der Waals surface area contributed by atoms with E-state index in [2.05, 4.69) is 87.3 Å². The number of nitrogens with zero attached hydrogens (tertiary/aromatic N) is 5. The molecule has 2 heterocycles. The molecule has 0 aliphatic rings. The lowest BCUT2D eigenvalue weighted by molar-refractivity contribution is 0.415. The zero-order valence-corrected chi connectivity index (χ0v) is 20.8. The van der Waals surface area contributed by atoms with Gasteiger partial charge in [0, 0.05) is 16.8 Å². The van der Waals surface area contributed by atoms with E-state index in [1.165, 1.54) is 22.9 Å². The highest BCUT2D eigenvalue weighted by Crippen LogP contribution is 2.37. The molecule has 2 aromatic heterocycles. The van der Waals surface area contributed by atoms with Crippen molar-refractivity contribution in [1.82, 2.24) is 25.0 Å². The highest BCUT2D eigenvalue weighted by atomic mass is 32.2. The zero-order chi connectivity index (χ0) is 24.4. The van der Waals surface area contributed by atoms with Crippen LogP contribution >= 0.6 is 11.8 Å². The highest BCUT2D eigenvalue weighted by Gasteiger charge is 2.22. The minimum absolute atomic E-state index is 0.131. The van der Waals surface area contributed by atoms with Crippen molar-refractivity contribution in [3.8, 4) is 34.3 Å². The fourth-order valence-electron chi connectivity index (χ4n) is 3.62. The molecule has 5 rings (SSSR count). The predicted molar refractivity (Wildman–Crippen MR) is 137 cm³/mol. The number of hydrogen-bond donors (Lipinski definition) is 0. The molecule has 176 valence electrons. The van der Waals surface area contributed by atoms with Crippen LogP contribution in [0.25, 0.3) is 28.5 Å². The summed E-state index contributed by atoms with van der Waals surface area (Å²) in [7, 11) is 1.64. The number of aromatic nitrogens is 5. The first-order chi connectivity index (χ1) is 17.0. The molecule has 0 saturated heterocycles. The fourth-order valence-corrected chi connectivity index (χ4v) is 4.52. The first kappa shape index (κ1) is 22.9. The maximum atomic E-state index is 6.00. The van der Waals surface area contributed by atoms with Crippen LogP contribution in [0.5, 0.6) is 5.75 Å². The molecule has 0 aliphatic carbocycles. The van der Waals surface area contributed by atoms with Gasteiger partial charge in [-0.25, -0.2) is 0 Å². The molecule has 3 aromatic carbocycles. The fraction of sp³-hybridized carbons (Fsp3) is 0.185. The Morgan fingerprint density at radius 1 is 0.771 bits per heavy atom. The molecule has 1 atom stereocenters. The van der Waals surface area contributed by atoms with E-state index in [1.54, 1.807) is 7.11 Å². The van der Waals surface area contributed by atoms with E-state index < -0.39 is 0 Å². The smallest absolute Gasteiger partial charge is 0.247 e. The average molecular weight is 484 g/mol. The topological polar surface area (TPSA) is 78.9 Å². The van der Waals surface area contributed by atoms with Crippen LogP contribution in [0.3, 0.4) is 0 Å². The van der Waals surface area contributed by atoms with Gasteiger partial charge in [0.2, 0.25) is 11.8 Å². The van der Waals surface area contributed by atoms with Crippen molar-refractivity contribution in [3.05, 3.63) is 89.8 Å². The van der Waals surface area contributed by atoms with E-state index in [1.807, 2.05) is 31.2 Å². The van der Waals surface area contributed by atoms with Crippen molar-refractivity contribution in [2.24, 2.45) is 0 Å². The van der Waals surface area contributed by atoms with Gasteiger partial charge in [0.05, 0.1) is 12.4 Å². The second kappa shape index (κ2) is 9.76. The Morgan fingerprint density at radius 3 is 2.06 bits per heavy atom. The Labute approximate surface area is 208 Å². The lowest BCUT2D eigenvalue weighted by Gasteiger charge is -2.12. The van der Waals surface area contributed by atoms with Crippen molar-refractivity contribution in [2.75, 3.05) is 7.11 Å². The second-order valence-electron chi connectivity index (χ2n) is 8.28. The molecular formula is C27H25N5O2S. The molecule has 8 heteroatoms. The van der Waals surface area contributed by atoms with Gasteiger partial charge in [-0.15, -0.1) is 20.4 Å². The van der Waals surface area contributed by atoms with Gasteiger partial charge < -0.3 is 9.15 Å². The molecule has 1 unspecified atom stereocenters. The van der Waals surface area contributed by atoms with Gasteiger partial charge in [0.15, 0.2) is 11.0 Å². The molecule has 0 bridgehead atoms. The van der Waals surface area contributed by atoms with Gasteiger partial charge >= 0.3 is 0 Å². The predicted octanol–water partition coefficient (Wildman–Crippen LogP) is 6.46. The van der Waals surface area contributed by atoms with Crippen LogP contribution in [0.2, 0.25) is 0 Å². The Kier molecular flexibility index (Phi) is 6.37. The normalized spacial score (nSPS) is 12.0. The third-order valence-electron chi connectivity index (χ3n) is 5.64. The summed E-state index contributed by atoms with van der Waals surface area (Å²) in [6, 6.07) is 24.2. The van der Waals surface area contributed by atoms with E-state index in [0.29, 0.717) is 11.8 Å². The minimum Gasteiger partial charge on any atom is -0.497 e. The molecule has 0 amide bonds. The van der Waals surface area contributed by atoms with Crippen LogP contribution < -0.4 is 4.74 Å². The maximum Gasteiger partial charge on any atom is 0.247 e. The third kappa shape index (κ3) is 4.83. The third-order valence-corrected chi connectivity index (χ3v) is 6.67. The number of benzene rings is 3. The van der Waals surface area contributed by atoms with Crippen LogP contribution in [-0.4, -0.2) is 32.1 Å². The van der Waals surface area contributed by atoms with Crippen LogP contribution in [0, 0.1) is 13.8 Å². The van der Waals surface area contributed by atoms with Gasteiger partial charge in [-0.05, 0) is 57.2 Å². The van der Waals surface area contributed by atoms with Gasteiger partial charge in [0.1, 0.15) is 5.75 Å². The minimum atomic E-state index is -0.131. The van der Waals surface area contributed by atoms with Crippen molar-refractivity contribution in [3.63, 3.8) is 0 Å². The highest BCUT2D eigenvalue weighted by molar-refractivity contribution is 7.99. The standard InChI is InChI=1S/C27H25N5O2S/c1-17-5-9-20(10-6-17)24-28-31-27(32(24)22-13-7-18(2)8-14-22)35-19(3)25-29-30-26(34-25)21-11-15-23(33-4)16-12-21/h5-16,19H,1-4H3. The number of hydrogen-bond acceptors (Lipinski definition) is 7. The van der Waals surface area contributed by atoms with Gasteiger partial charge in [-0.2, -0.15) is 0 Å². The maximum absolute atomic E-state index is 6.00. The number of thioether (sulfide) groups is 1. The summed E-state index contributed by atoms with van der Waals surface area (Å²) in [5.41, 5.74) is 5.23. The Hall–Kier alpha value is -3.91. The van der Waals surface area contributed by atoms with Crippen molar-refractivity contribution in [2.45, 2.75) is 31.2 Å². The summed E-state index contributed by atoms with van der Waals surface area (Å²) >= 11 is 1.53. The van der Waals surface area contributed by atoms with Crippen LogP contribution in [0.15, 0.2) is 82.4 Å².